The predicted molar refractivity (Wildman–Crippen MR) is 77.2 cm³/mol. The molecule has 6 heteroatoms. The molecule has 19 heavy (non-hydrogen) atoms. The van der Waals surface area contributed by atoms with Gasteiger partial charge in [0.05, 0.1) is 12.7 Å². The van der Waals surface area contributed by atoms with Crippen LogP contribution in [0.15, 0.2) is 12.7 Å². The fraction of sp³-hybridized carbons (Fsp3) is 0.846. The molecule has 0 aliphatic carbocycles. The summed E-state index contributed by atoms with van der Waals surface area (Å²) in [6, 6.07) is 0.810. The van der Waals surface area contributed by atoms with Gasteiger partial charge in [-0.2, -0.15) is 0 Å². The first-order valence-corrected chi connectivity index (χ1v) is 8.82. The second-order valence-electron chi connectivity index (χ2n) is 4.65. The van der Waals surface area contributed by atoms with Gasteiger partial charge in [0.25, 0.3) is 0 Å². The second-order valence-corrected chi connectivity index (χ2v) is 7.57. The Morgan fingerprint density at radius 3 is 2.74 bits per heavy atom. The van der Waals surface area contributed by atoms with Gasteiger partial charge in [0.1, 0.15) is 0 Å². The second kappa shape index (κ2) is 8.83. The standard InChI is InChI=1S/C13H27NO4Si/c1-5-8-14(6-2)11-13-12-17-9-7-10-19(15-3,16-4)18-13/h5,13H,1,6-12H2,2-4H3. The van der Waals surface area contributed by atoms with Crippen molar-refractivity contribution in [2.24, 2.45) is 0 Å². The summed E-state index contributed by atoms with van der Waals surface area (Å²) in [6.45, 7) is 9.87. The largest absolute Gasteiger partial charge is 0.500 e. The molecule has 0 radical (unpaired) electrons. The molecule has 1 aliphatic heterocycles. The highest BCUT2D eigenvalue weighted by Gasteiger charge is 2.42. The maximum atomic E-state index is 6.15. The average Bonchev–Trinajstić information content (AvgIpc) is 2.41. The van der Waals surface area contributed by atoms with Crippen molar-refractivity contribution in [2.45, 2.75) is 25.5 Å². The summed E-state index contributed by atoms with van der Waals surface area (Å²) in [6.07, 6.45) is 2.82. The van der Waals surface area contributed by atoms with Crippen LogP contribution in [0.4, 0.5) is 0 Å². The van der Waals surface area contributed by atoms with Gasteiger partial charge in [-0.3, -0.25) is 4.90 Å². The van der Waals surface area contributed by atoms with Gasteiger partial charge >= 0.3 is 8.80 Å². The lowest BCUT2D eigenvalue weighted by molar-refractivity contribution is -0.0258. The number of nitrogens with zero attached hydrogens (tertiary/aromatic N) is 1. The fourth-order valence-corrected chi connectivity index (χ4v) is 4.34. The monoisotopic (exact) mass is 289 g/mol. The van der Waals surface area contributed by atoms with Gasteiger partial charge < -0.3 is 18.0 Å². The van der Waals surface area contributed by atoms with Crippen molar-refractivity contribution in [2.75, 3.05) is 47.1 Å². The summed E-state index contributed by atoms with van der Waals surface area (Å²) in [5.41, 5.74) is 0. The van der Waals surface area contributed by atoms with Crippen LogP contribution in [0, 0.1) is 0 Å². The minimum Gasteiger partial charge on any atom is -0.379 e. The van der Waals surface area contributed by atoms with E-state index in [-0.39, 0.29) is 6.10 Å². The van der Waals surface area contributed by atoms with Crippen LogP contribution in [0.25, 0.3) is 0 Å². The quantitative estimate of drug-likeness (QED) is 0.525. The Hall–Kier alpha value is -0.243. The lowest BCUT2D eigenvalue weighted by Gasteiger charge is -2.35. The third kappa shape index (κ3) is 5.33. The topological polar surface area (TPSA) is 40.2 Å². The van der Waals surface area contributed by atoms with Gasteiger partial charge in [0.15, 0.2) is 0 Å². The molecule has 1 heterocycles. The van der Waals surface area contributed by atoms with E-state index in [9.17, 15) is 0 Å². The molecule has 1 fully saturated rings. The van der Waals surface area contributed by atoms with Crippen LogP contribution in [0.2, 0.25) is 6.04 Å². The predicted octanol–water partition coefficient (Wildman–Crippen LogP) is 1.53. The number of hydrogen-bond acceptors (Lipinski definition) is 5. The Bertz CT molecular complexity index is 261. The normalized spacial score (nSPS) is 23.9. The zero-order chi connectivity index (χ0) is 14.1. The molecule has 1 unspecified atom stereocenters. The fourth-order valence-electron chi connectivity index (χ4n) is 2.23. The van der Waals surface area contributed by atoms with Crippen LogP contribution in [0.1, 0.15) is 13.3 Å². The van der Waals surface area contributed by atoms with Crippen LogP contribution in [-0.4, -0.2) is 66.9 Å². The number of rotatable bonds is 7. The Kier molecular flexibility index (Phi) is 7.82. The Morgan fingerprint density at radius 1 is 1.42 bits per heavy atom. The summed E-state index contributed by atoms with van der Waals surface area (Å²) < 4.78 is 22.9. The van der Waals surface area contributed by atoms with E-state index in [0.29, 0.717) is 6.61 Å². The molecular formula is C13H27NO4Si. The van der Waals surface area contributed by atoms with Crippen molar-refractivity contribution >= 4 is 8.80 Å². The molecule has 0 spiro atoms. The third-order valence-electron chi connectivity index (χ3n) is 3.34. The first kappa shape index (κ1) is 16.8. The first-order valence-electron chi connectivity index (χ1n) is 6.88. The number of hydrogen-bond donors (Lipinski definition) is 0. The summed E-state index contributed by atoms with van der Waals surface area (Å²) in [5.74, 6) is 0. The van der Waals surface area contributed by atoms with Gasteiger partial charge in [-0.15, -0.1) is 6.58 Å². The van der Waals surface area contributed by atoms with Crippen molar-refractivity contribution in [3.8, 4) is 0 Å². The van der Waals surface area contributed by atoms with Crippen molar-refractivity contribution < 1.29 is 18.0 Å². The van der Waals surface area contributed by atoms with Gasteiger partial charge in [-0.25, -0.2) is 0 Å². The average molecular weight is 289 g/mol. The number of ether oxygens (including phenoxy) is 1. The lowest BCUT2D eigenvalue weighted by Crippen LogP contribution is -2.51. The molecule has 0 aromatic rings. The van der Waals surface area contributed by atoms with Gasteiger partial charge in [-0.05, 0) is 13.0 Å². The zero-order valence-electron chi connectivity index (χ0n) is 12.4. The van der Waals surface area contributed by atoms with Crippen molar-refractivity contribution in [3.63, 3.8) is 0 Å². The van der Waals surface area contributed by atoms with E-state index < -0.39 is 8.80 Å². The highest BCUT2D eigenvalue weighted by atomic mass is 28.4. The molecule has 1 aliphatic rings. The van der Waals surface area contributed by atoms with Crippen molar-refractivity contribution in [1.29, 1.82) is 0 Å². The van der Waals surface area contributed by atoms with Crippen LogP contribution in [0.5, 0.6) is 0 Å². The van der Waals surface area contributed by atoms with Gasteiger partial charge in [0.2, 0.25) is 0 Å². The number of likely N-dealkylation sites (N-methyl/N-ethyl adjacent to an activating group) is 1. The van der Waals surface area contributed by atoms with E-state index in [4.69, 9.17) is 18.0 Å². The molecule has 0 aromatic carbocycles. The molecule has 0 N–H and O–H groups in total. The Morgan fingerprint density at radius 2 is 2.16 bits per heavy atom. The molecular weight excluding hydrogens is 262 g/mol. The maximum Gasteiger partial charge on any atom is 0.500 e. The minimum atomic E-state index is -2.51. The smallest absolute Gasteiger partial charge is 0.379 e. The summed E-state index contributed by atoms with van der Waals surface area (Å²) in [5, 5.41) is 0. The molecule has 112 valence electrons. The van der Waals surface area contributed by atoms with E-state index in [1.807, 2.05) is 6.08 Å². The van der Waals surface area contributed by atoms with Crippen molar-refractivity contribution in [3.05, 3.63) is 12.7 Å². The van der Waals surface area contributed by atoms with Crippen LogP contribution in [-0.2, 0) is 18.0 Å². The van der Waals surface area contributed by atoms with E-state index >= 15 is 0 Å². The lowest BCUT2D eigenvalue weighted by atomic mass is 10.3. The summed E-state index contributed by atoms with van der Waals surface area (Å²) in [4.78, 5) is 2.27. The highest BCUT2D eigenvalue weighted by molar-refractivity contribution is 6.60. The molecule has 0 bridgehead atoms. The Labute approximate surface area is 117 Å². The first-order chi connectivity index (χ1) is 9.19. The van der Waals surface area contributed by atoms with Crippen LogP contribution in [0.3, 0.4) is 0 Å². The molecule has 0 aromatic heterocycles. The molecule has 5 nitrogen and oxygen atoms in total. The molecule has 0 saturated carbocycles. The van der Waals surface area contributed by atoms with Crippen LogP contribution >= 0.6 is 0 Å². The van der Waals surface area contributed by atoms with Crippen molar-refractivity contribution in [1.82, 2.24) is 4.90 Å². The van der Waals surface area contributed by atoms with E-state index in [2.05, 4.69) is 18.4 Å². The van der Waals surface area contributed by atoms with Gasteiger partial charge in [0, 0.05) is 40.0 Å². The third-order valence-corrected chi connectivity index (χ3v) is 6.24. The zero-order valence-corrected chi connectivity index (χ0v) is 13.4. The molecule has 1 atom stereocenters. The van der Waals surface area contributed by atoms with E-state index in [1.165, 1.54) is 0 Å². The Balaban J connectivity index is 2.64. The molecule has 1 rings (SSSR count). The van der Waals surface area contributed by atoms with Crippen LogP contribution < -0.4 is 0 Å². The highest BCUT2D eigenvalue weighted by Crippen LogP contribution is 2.21. The minimum absolute atomic E-state index is 0.00762. The van der Waals surface area contributed by atoms with E-state index in [1.54, 1.807) is 14.2 Å². The maximum absolute atomic E-state index is 6.15. The summed E-state index contributed by atoms with van der Waals surface area (Å²) >= 11 is 0. The summed E-state index contributed by atoms with van der Waals surface area (Å²) in [7, 11) is 0.843. The van der Waals surface area contributed by atoms with E-state index in [0.717, 1.165) is 38.7 Å². The molecule has 0 amide bonds. The molecule has 1 saturated heterocycles. The SMILES string of the molecule is C=CCN(CC)CC1COCCC[Si](OC)(OC)O1. The van der Waals surface area contributed by atoms with Gasteiger partial charge in [-0.1, -0.05) is 13.0 Å².